The van der Waals surface area contributed by atoms with Crippen molar-refractivity contribution >= 4 is 28.9 Å². The van der Waals surface area contributed by atoms with Crippen LogP contribution in [0.1, 0.15) is 34.3 Å². The zero-order valence-electron chi connectivity index (χ0n) is 13.4. The molecule has 0 radical (unpaired) electrons. The molecular weight excluding hydrogens is 322 g/mol. The van der Waals surface area contributed by atoms with Gasteiger partial charge in [0, 0.05) is 48.1 Å². The van der Waals surface area contributed by atoms with Crippen molar-refractivity contribution in [3.63, 3.8) is 0 Å². The van der Waals surface area contributed by atoms with Crippen LogP contribution in [-0.4, -0.2) is 19.0 Å². The zero-order chi connectivity index (χ0) is 16.5. The van der Waals surface area contributed by atoms with Crippen LogP contribution in [0.15, 0.2) is 36.4 Å². The molecule has 2 aromatic rings. The SMILES string of the molecule is O=C(Nc1ccc2c(c1)CNC2)c1cc(Cl)cc(N2CCCC2)c1. The highest BCUT2D eigenvalue weighted by atomic mass is 35.5. The largest absolute Gasteiger partial charge is 0.371 e. The van der Waals surface area contributed by atoms with E-state index >= 15 is 0 Å². The predicted molar refractivity (Wildman–Crippen MR) is 97.8 cm³/mol. The molecular formula is C19H20ClN3O. The number of benzene rings is 2. The Labute approximate surface area is 146 Å². The maximum absolute atomic E-state index is 12.6. The third-order valence-corrected chi connectivity index (χ3v) is 4.93. The number of rotatable bonds is 3. The van der Waals surface area contributed by atoms with Crippen molar-refractivity contribution in [2.24, 2.45) is 0 Å². The van der Waals surface area contributed by atoms with Crippen molar-refractivity contribution in [2.75, 3.05) is 23.3 Å². The molecule has 5 heteroatoms. The van der Waals surface area contributed by atoms with Gasteiger partial charge in [-0.25, -0.2) is 0 Å². The van der Waals surface area contributed by atoms with Crippen molar-refractivity contribution in [1.29, 1.82) is 0 Å². The number of nitrogens with zero attached hydrogens (tertiary/aromatic N) is 1. The molecule has 124 valence electrons. The van der Waals surface area contributed by atoms with Gasteiger partial charge in [-0.2, -0.15) is 0 Å². The molecule has 2 N–H and O–H groups in total. The van der Waals surface area contributed by atoms with E-state index in [9.17, 15) is 4.79 Å². The van der Waals surface area contributed by atoms with Gasteiger partial charge in [0.1, 0.15) is 0 Å². The average molecular weight is 342 g/mol. The Hall–Kier alpha value is -2.04. The molecule has 4 rings (SSSR count). The lowest BCUT2D eigenvalue weighted by atomic mass is 10.1. The number of hydrogen-bond acceptors (Lipinski definition) is 3. The van der Waals surface area contributed by atoms with Crippen LogP contribution in [0.4, 0.5) is 11.4 Å². The molecule has 0 spiro atoms. The van der Waals surface area contributed by atoms with Gasteiger partial charge in [-0.05, 0) is 54.3 Å². The lowest BCUT2D eigenvalue weighted by Gasteiger charge is -2.19. The number of hydrogen-bond donors (Lipinski definition) is 2. The Morgan fingerprint density at radius 3 is 2.67 bits per heavy atom. The lowest BCUT2D eigenvalue weighted by Crippen LogP contribution is -2.19. The smallest absolute Gasteiger partial charge is 0.255 e. The molecule has 0 saturated carbocycles. The molecule has 0 aliphatic carbocycles. The van der Waals surface area contributed by atoms with Gasteiger partial charge in [-0.15, -0.1) is 0 Å². The molecule has 0 atom stereocenters. The highest BCUT2D eigenvalue weighted by Crippen LogP contribution is 2.26. The summed E-state index contributed by atoms with van der Waals surface area (Å²) < 4.78 is 0. The van der Waals surface area contributed by atoms with Crippen LogP contribution in [0.25, 0.3) is 0 Å². The van der Waals surface area contributed by atoms with Crippen molar-refractivity contribution in [3.8, 4) is 0 Å². The maximum atomic E-state index is 12.6. The van der Waals surface area contributed by atoms with Crippen molar-refractivity contribution in [1.82, 2.24) is 5.32 Å². The van der Waals surface area contributed by atoms with Crippen molar-refractivity contribution in [3.05, 3.63) is 58.1 Å². The van der Waals surface area contributed by atoms with E-state index in [4.69, 9.17) is 11.6 Å². The van der Waals surface area contributed by atoms with Crippen LogP contribution in [0.3, 0.4) is 0 Å². The van der Waals surface area contributed by atoms with E-state index in [1.807, 2.05) is 24.3 Å². The first kappa shape index (κ1) is 15.5. The molecule has 2 aliphatic rings. The lowest BCUT2D eigenvalue weighted by molar-refractivity contribution is 0.102. The molecule has 24 heavy (non-hydrogen) atoms. The summed E-state index contributed by atoms with van der Waals surface area (Å²) >= 11 is 6.24. The molecule has 1 fully saturated rings. The molecule has 0 aromatic heterocycles. The number of anilines is 2. The average Bonchev–Trinajstić information content (AvgIpc) is 3.25. The van der Waals surface area contributed by atoms with E-state index in [1.165, 1.54) is 24.0 Å². The second-order valence-corrected chi connectivity index (χ2v) is 6.87. The van der Waals surface area contributed by atoms with E-state index in [-0.39, 0.29) is 5.91 Å². The number of carbonyl (C=O) groups excluding carboxylic acids is 1. The highest BCUT2D eigenvalue weighted by molar-refractivity contribution is 6.31. The molecule has 2 heterocycles. The van der Waals surface area contributed by atoms with Crippen molar-refractivity contribution < 1.29 is 4.79 Å². The van der Waals surface area contributed by atoms with E-state index in [0.29, 0.717) is 10.6 Å². The Morgan fingerprint density at radius 2 is 1.83 bits per heavy atom. The fourth-order valence-corrected chi connectivity index (χ4v) is 3.67. The normalized spacial score (nSPS) is 16.3. The third-order valence-electron chi connectivity index (χ3n) is 4.71. The second-order valence-electron chi connectivity index (χ2n) is 6.43. The van der Waals surface area contributed by atoms with Crippen LogP contribution in [0, 0.1) is 0 Å². The Morgan fingerprint density at radius 1 is 1.04 bits per heavy atom. The molecule has 4 nitrogen and oxygen atoms in total. The Bertz CT molecular complexity index is 784. The van der Waals surface area contributed by atoms with Crippen LogP contribution in [-0.2, 0) is 13.1 Å². The number of fused-ring (bicyclic) bond motifs is 1. The molecule has 2 aliphatic heterocycles. The van der Waals surface area contributed by atoms with Gasteiger partial charge >= 0.3 is 0 Å². The Kier molecular flexibility index (Phi) is 4.17. The van der Waals surface area contributed by atoms with Gasteiger partial charge in [-0.3, -0.25) is 4.79 Å². The molecule has 2 aromatic carbocycles. The minimum absolute atomic E-state index is 0.121. The molecule has 0 bridgehead atoms. The molecule has 1 saturated heterocycles. The predicted octanol–water partition coefficient (Wildman–Crippen LogP) is 3.80. The summed E-state index contributed by atoms with van der Waals surface area (Å²) in [5.41, 5.74) is 5.00. The highest BCUT2D eigenvalue weighted by Gasteiger charge is 2.16. The Balaban J connectivity index is 1.55. The van der Waals surface area contributed by atoms with Crippen LogP contribution >= 0.6 is 11.6 Å². The minimum Gasteiger partial charge on any atom is -0.371 e. The van der Waals surface area contributed by atoms with Gasteiger partial charge in [0.2, 0.25) is 0 Å². The standard InChI is InChI=1S/C19H20ClN3O/c20-16-7-14(9-18(10-16)23-5-1-2-6-23)19(24)22-17-4-3-13-11-21-12-15(13)8-17/h3-4,7-10,21H,1-2,5-6,11-12H2,(H,22,24). The minimum atomic E-state index is -0.121. The van der Waals surface area contributed by atoms with Crippen LogP contribution < -0.4 is 15.5 Å². The second kappa shape index (κ2) is 6.46. The molecule has 1 amide bonds. The van der Waals surface area contributed by atoms with Gasteiger partial charge in [0.05, 0.1) is 0 Å². The van der Waals surface area contributed by atoms with Crippen LogP contribution in [0.2, 0.25) is 5.02 Å². The van der Waals surface area contributed by atoms with E-state index in [2.05, 4.69) is 21.6 Å². The quantitative estimate of drug-likeness (QED) is 0.892. The summed E-state index contributed by atoms with van der Waals surface area (Å²) in [6.45, 7) is 3.81. The summed E-state index contributed by atoms with van der Waals surface area (Å²) in [5.74, 6) is -0.121. The maximum Gasteiger partial charge on any atom is 0.255 e. The van der Waals surface area contributed by atoms with E-state index in [0.717, 1.165) is 37.6 Å². The monoisotopic (exact) mass is 341 g/mol. The van der Waals surface area contributed by atoms with Gasteiger partial charge in [0.25, 0.3) is 5.91 Å². The summed E-state index contributed by atoms with van der Waals surface area (Å²) in [4.78, 5) is 14.9. The van der Waals surface area contributed by atoms with E-state index < -0.39 is 0 Å². The first-order valence-corrected chi connectivity index (χ1v) is 8.76. The van der Waals surface area contributed by atoms with Gasteiger partial charge < -0.3 is 15.5 Å². The fraction of sp³-hybridized carbons (Fsp3) is 0.316. The van der Waals surface area contributed by atoms with Crippen molar-refractivity contribution in [2.45, 2.75) is 25.9 Å². The number of carbonyl (C=O) groups is 1. The number of nitrogens with one attached hydrogen (secondary N) is 2. The topological polar surface area (TPSA) is 44.4 Å². The van der Waals surface area contributed by atoms with Gasteiger partial charge in [-0.1, -0.05) is 17.7 Å². The summed E-state index contributed by atoms with van der Waals surface area (Å²) in [7, 11) is 0. The zero-order valence-corrected chi connectivity index (χ0v) is 14.2. The van der Waals surface area contributed by atoms with E-state index in [1.54, 1.807) is 6.07 Å². The number of amides is 1. The number of halogens is 1. The summed E-state index contributed by atoms with van der Waals surface area (Å²) in [6, 6.07) is 11.7. The first-order chi connectivity index (χ1) is 11.7. The van der Waals surface area contributed by atoms with Crippen LogP contribution in [0.5, 0.6) is 0 Å². The molecule has 0 unspecified atom stereocenters. The summed E-state index contributed by atoms with van der Waals surface area (Å²) in [6.07, 6.45) is 2.38. The van der Waals surface area contributed by atoms with Gasteiger partial charge in [0.15, 0.2) is 0 Å². The first-order valence-electron chi connectivity index (χ1n) is 8.38. The fourth-order valence-electron chi connectivity index (χ4n) is 3.44. The summed E-state index contributed by atoms with van der Waals surface area (Å²) in [5, 5.41) is 6.90. The third kappa shape index (κ3) is 3.12.